The summed E-state index contributed by atoms with van der Waals surface area (Å²) in [7, 11) is -3.08. The van der Waals surface area contributed by atoms with E-state index in [0.29, 0.717) is 0 Å². The van der Waals surface area contributed by atoms with E-state index in [1.54, 1.807) is 0 Å². The van der Waals surface area contributed by atoms with Crippen LogP contribution in [0.2, 0.25) is 26.2 Å². The number of ketones is 1. The number of carbonyl (C=O) groups excluding carboxylic acids is 2. The Morgan fingerprint density at radius 1 is 1.22 bits per heavy atom. The van der Waals surface area contributed by atoms with Crippen molar-refractivity contribution in [2.45, 2.75) is 50.2 Å². The van der Waals surface area contributed by atoms with E-state index in [1.165, 1.54) is 0 Å². The number of cyclic esters (lactones) is 1. The normalized spacial score (nSPS) is 27.8. The first kappa shape index (κ1) is 15.5. The lowest BCUT2D eigenvalue weighted by atomic mass is 10.1. The average molecular weight is 292 g/mol. The highest BCUT2D eigenvalue weighted by molar-refractivity contribution is 6.57. The molecular weight excluding hydrogens is 272 g/mol. The third-order valence-electron chi connectivity index (χ3n) is 2.79. The Morgan fingerprint density at radius 2 is 1.78 bits per heavy atom. The van der Waals surface area contributed by atoms with Crippen molar-refractivity contribution < 1.29 is 29.0 Å². The molecule has 18 heavy (non-hydrogen) atoms. The highest BCUT2D eigenvalue weighted by atomic mass is 28.3. The Kier molecular flexibility index (Phi) is 5.23. The third-order valence-corrected chi connectivity index (χ3v) is 5.39. The maximum atomic E-state index is 11.6. The minimum Gasteiger partial charge on any atom is -0.450 e. The van der Waals surface area contributed by atoms with Gasteiger partial charge in [0.1, 0.15) is 6.10 Å². The van der Waals surface area contributed by atoms with Crippen molar-refractivity contribution in [2.75, 3.05) is 0 Å². The van der Waals surface area contributed by atoms with Gasteiger partial charge in [0.15, 0.2) is 21.2 Å². The number of hydrogen-bond donors (Lipinski definition) is 2. The molecule has 6 nitrogen and oxygen atoms in total. The van der Waals surface area contributed by atoms with Crippen LogP contribution in [0.5, 0.6) is 0 Å². The highest BCUT2D eigenvalue weighted by Crippen LogP contribution is 2.22. The number of hydrogen-bond acceptors (Lipinski definition) is 6. The van der Waals surface area contributed by atoms with E-state index in [-0.39, 0.29) is 0 Å². The van der Waals surface area contributed by atoms with E-state index in [9.17, 15) is 19.8 Å². The van der Waals surface area contributed by atoms with Gasteiger partial charge in [0, 0.05) is 0 Å². The fourth-order valence-electron chi connectivity index (χ4n) is 1.78. The molecule has 1 rings (SSSR count). The predicted octanol–water partition coefficient (Wildman–Crippen LogP) is -1.40. The molecule has 1 heterocycles. The molecule has 0 aromatic rings. The van der Waals surface area contributed by atoms with Crippen molar-refractivity contribution in [1.29, 1.82) is 0 Å². The second-order valence-electron chi connectivity index (χ2n) is 5.06. The molecule has 104 valence electrons. The number of aliphatic hydroxyl groups excluding tert-OH is 2. The molecule has 8 heteroatoms. The van der Waals surface area contributed by atoms with Crippen LogP contribution in [0.3, 0.4) is 0 Å². The summed E-state index contributed by atoms with van der Waals surface area (Å²) in [5.74, 6) is -1.76. The lowest BCUT2D eigenvalue weighted by Gasteiger charge is -2.28. The second kappa shape index (κ2) is 6.06. The molecule has 0 aromatic carbocycles. The minimum absolute atomic E-state index is 0.766. The van der Waals surface area contributed by atoms with Gasteiger partial charge in [0.25, 0.3) is 5.78 Å². The van der Waals surface area contributed by atoms with Crippen LogP contribution in [-0.4, -0.2) is 63.8 Å². The van der Waals surface area contributed by atoms with Crippen LogP contribution in [-0.2, 0) is 18.8 Å². The number of ether oxygens (including phenoxy) is 1. The van der Waals surface area contributed by atoms with E-state index in [2.05, 4.69) is 0 Å². The molecule has 1 aliphatic heterocycles. The Balaban J connectivity index is 2.85. The molecular formula is C10H20O6Si2. The topological polar surface area (TPSA) is 93.1 Å². The lowest BCUT2D eigenvalue weighted by molar-refractivity contribution is -0.152. The van der Waals surface area contributed by atoms with E-state index in [0.717, 1.165) is 0 Å². The summed E-state index contributed by atoms with van der Waals surface area (Å²) in [6.45, 7) is 7.43. The van der Waals surface area contributed by atoms with Gasteiger partial charge in [-0.25, -0.2) is 4.79 Å². The summed E-state index contributed by atoms with van der Waals surface area (Å²) in [6.07, 6.45) is -3.41. The lowest BCUT2D eigenvalue weighted by Crippen LogP contribution is -2.50. The fourth-order valence-corrected chi connectivity index (χ4v) is 3.65. The molecule has 0 aromatic heterocycles. The SMILES string of the molecule is C[SiH](C)OC1C(=O)C(=O)O[C@@H]1[C@@H](O)C(O)[SiH](C)C. The zero-order valence-electron chi connectivity index (χ0n) is 11.0. The van der Waals surface area contributed by atoms with Gasteiger partial charge in [0.2, 0.25) is 0 Å². The Labute approximate surface area is 109 Å². The van der Waals surface area contributed by atoms with Crippen LogP contribution >= 0.6 is 0 Å². The van der Waals surface area contributed by atoms with Crippen molar-refractivity contribution in [1.82, 2.24) is 0 Å². The monoisotopic (exact) mass is 292 g/mol. The molecule has 0 saturated carbocycles. The van der Waals surface area contributed by atoms with Gasteiger partial charge in [-0.2, -0.15) is 0 Å². The third kappa shape index (κ3) is 3.26. The first-order valence-corrected chi connectivity index (χ1v) is 11.8. The molecule has 0 spiro atoms. The summed E-state index contributed by atoms with van der Waals surface area (Å²) in [6, 6.07) is 0. The summed E-state index contributed by atoms with van der Waals surface area (Å²) in [4.78, 5) is 22.8. The van der Waals surface area contributed by atoms with Gasteiger partial charge in [-0.15, -0.1) is 0 Å². The molecule has 0 amide bonds. The minimum atomic E-state index is -1.56. The second-order valence-corrected chi connectivity index (χ2v) is 10.6. The van der Waals surface area contributed by atoms with Crippen molar-refractivity contribution in [2.24, 2.45) is 0 Å². The summed E-state index contributed by atoms with van der Waals surface area (Å²) in [5, 5.41) is 19.8. The molecule has 2 N–H and O–H groups in total. The fraction of sp³-hybridized carbons (Fsp3) is 0.800. The Hall–Kier alpha value is -0.546. The molecule has 0 radical (unpaired) electrons. The summed E-state index contributed by atoms with van der Waals surface area (Å²) < 4.78 is 10.3. The van der Waals surface area contributed by atoms with Crippen LogP contribution < -0.4 is 0 Å². The number of carbonyl (C=O) groups is 2. The van der Waals surface area contributed by atoms with Gasteiger partial charge in [-0.05, 0) is 13.1 Å². The molecule has 2 unspecified atom stereocenters. The van der Waals surface area contributed by atoms with Crippen molar-refractivity contribution in [3.8, 4) is 0 Å². The van der Waals surface area contributed by atoms with Crippen molar-refractivity contribution in [3.05, 3.63) is 0 Å². The average Bonchev–Trinajstić information content (AvgIpc) is 2.54. The first-order valence-electron chi connectivity index (χ1n) is 6.02. The van der Waals surface area contributed by atoms with Crippen LogP contribution in [0.1, 0.15) is 0 Å². The molecule has 0 aliphatic carbocycles. The highest BCUT2D eigenvalue weighted by Gasteiger charge is 2.50. The van der Waals surface area contributed by atoms with Gasteiger partial charge in [0.05, 0.1) is 14.5 Å². The maximum absolute atomic E-state index is 11.6. The number of esters is 1. The smallest absolute Gasteiger partial charge is 0.378 e. The van der Waals surface area contributed by atoms with Gasteiger partial charge in [-0.3, -0.25) is 4.79 Å². The van der Waals surface area contributed by atoms with E-state index >= 15 is 0 Å². The zero-order chi connectivity index (χ0) is 14.0. The zero-order valence-corrected chi connectivity index (χ0v) is 13.3. The molecule has 4 atom stereocenters. The number of Topliss-reactive ketones (excluding diaryl/α,β-unsaturated/α-hetero) is 1. The van der Waals surface area contributed by atoms with Gasteiger partial charge < -0.3 is 19.4 Å². The Bertz CT molecular complexity index is 332. The summed E-state index contributed by atoms with van der Waals surface area (Å²) >= 11 is 0. The number of rotatable bonds is 5. The van der Waals surface area contributed by atoms with Gasteiger partial charge in [-0.1, -0.05) is 13.1 Å². The largest absolute Gasteiger partial charge is 0.450 e. The van der Waals surface area contributed by atoms with Crippen molar-refractivity contribution in [3.63, 3.8) is 0 Å². The van der Waals surface area contributed by atoms with Crippen LogP contribution in [0.15, 0.2) is 0 Å². The molecule has 1 fully saturated rings. The van der Waals surface area contributed by atoms with Crippen LogP contribution in [0.25, 0.3) is 0 Å². The first-order chi connectivity index (χ1) is 8.25. The predicted molar refractivity (Wildman–Crippen MR) is 69.5 cm³/mol. The van der Waals surface area contributed by atoms with E-state index in [1.807, 2.05) is 26.2 Å². The van der Waals surface area contributed by atoms with Gasteiger partial charge >= 0.3 is 5.97 Å². The summed E-state index contributed by atoms with van der Waals surface area (Å²) in [5.41, 5.74) is -0.936. The molecule has 0 bridgehead atoms. The quantitative estimate of drug-likeness (QED) is 0.368. The van der Waals surface area contributed by atoms with Crippen LogP contribution in [0, 0.1) is 0 Å². The molecule has 1 aliphatic rings. The Morgan fingerprint density at radius 3 is 2.22 bits per heavy atom. The van der Waals surface area contributed by atoms with Crippen molar-refractivity contribution >= 4 is 29.6 Å². The van der Waals surface area contributed by atoms with E-state index in [4.69, 9.17) is 9.16 Å². The van der Waals surface area contributed by atoms with Crippen LogP contribution in [0.4, 0.5) is 0 Å². The molecule has 1 saturated heterocycles. The number of aliphatic hydroxyl groups is 2. The maximum Gasteiger partial charge on any atom is 0.378 e. The van der Waals surface area contributed by atoms with E-state index < -0.39 is 53.6 Å². The standard InChI is InChI=1S/C10H20O6Si2/c1-17(2)10(14)6(12)7-8(16-18(3)4)5(11)9(13)15-7/h6-8,10,12,14,17-18H,1-4H3/t6-,7-,8?,10?/m1/s1.